The zero-order chi connectivity index (χ0) is 24.2. The Labute approximate surface area is 182 Å². The van der Waals surface area contributed by atoms with E-state index in [4.69, 9.17) is 39.7 Å². The standard InChI is InChI=1S/C18H16FN2O8PS/c1-2-10-7-21(17(31)20-15(10)24)16-13(22)14(23)18(19,28-16)9-27-30(25)26-8-11-5-3-4-6-12(11)29-30/h1,3-7,13-14,16,22-23H,8-9H2,(H,20,24,31)/t13-,14+,16-,18-,30?/m1/s1/i9D2. The van der Waals surface area contributed by atoms with Crippen molar-refractivity contribution in [2.45, 2.75) is 30.9 Å². The summed E-state index contributed by atoms with van der Waals surface area (Å²) in [5.74, 6) is -1.65. The number of fused-ring (bicyclic) bond motifs is 1. The highest BCUT2D eigenvalue weighted by atomic mass is 32.1. The van der Waals surface area contributed by atoms with Gasteiger partial charge in [-0.25, -0.2) is 8.96 Å². The zero-order valence-electron chi connectivity index (χ0n) is 17.4. The quantitative estimate of drug-likeness (QED) is 0.344. The van der Waals surface area contributed by atoms with Gasteiger partial charge in [-0.1, -0.05) is 24.1 Å². The Hall–Kier alpha value is -2.36. The number of hydrogen-bond donors (Lipinski definition) is 3. The highest BCUT2D eigenvalue weighted by Crippen LogP contribution is 2.55. The molecule has 1 aromatic heterocycles. The molecule has 1 fully saturated rings. The van der Waals surface area contributed by atoms with Gasteiger partial charge in [0.2, 0.25) is 0 Å². The number of phosphoric acid groups is 1. The van der Waals surface area contributed by atoms with E-state index in [9.17, 15) is 19.6 Å². The molecule has 0 saturated carbocycles. The van der Waals surface area contributed by atoms with E-state index < -0.39 is 44.2 Å². The van der Waals surface area contributed by atoms with Gasteiger partial charge in [-0.15, -0.1) is 6.42 Å². The van der Waals surface area contributed by atoms with Crippen LogP contribution in [-0.4, -0.2) is 44.4 Å². The Kier molecular flexibility index (Phi) is 4.96. The van der Waals surface area contributed by atoms with Crippen LogP contribution in [0, 0.1) is 17.1 Å². The minimum Gasteiger partial charge on any atom is -0.404 e. The first-order valence-corrected chi connectivity index (χ1v) is 10.6. The Morgan fingerprint density at radius 2 is 2.26 bits per heavy atom. The van der Waals surface area contributed by atoms with Crippen molar-refractivity contribution in [2.24, 2.45) is 0 Å². The highest BCUT2D eigenvalue weighted by Gasteiger charge is 2.57. The minimum atomic E-state index is -4.72. The van der Waals surface area contributed by atoms with E-state index in [0.29, 0.717) is 5.56 Å². The van der Waals surface area contributed by atoms with E-state index in [2.05, 4.69) is 10.9 Å². The molecule has 1 saturated heterocycles. The number of terminal acetylenes is 1. The van der Waals surface area contributed by atoms with Crippen LogP contribution in [-0.2, 0) is 25.0 Å². The van der Waals surface area contributed by atoms with Crippen LogP contribution < -0.4 is 10.1 Å². The SMILES string of the molecule is [2H]C([2H])(OP1(=O)OCc2ccccc2O1)[C@@]1(F)O[C@@H](n2cc(C#C)c(=O)[nH]c2=S)[C@H](O)[C@@H]1O. The molecular weight excluding hydrogens is 454 g/mol. The summed E-state index contributed by atoms with van der Waals surface area (Å²) >= 11 is 4.96. The van der Waals surface area contributed by atoms with Gasteiger partial charge in [0.15, 0.2) is 11.0 Å². The number of nitrogens with zero attached hydrogens (tertiary/aromatic N) is 1. The number of rotatable bonds is 4. The summed E-state index contributed by atoms with van der Waals surface area (Å²) in [6, 6.07) is 6.25. The smallest absolute Gasteiger partial charge is 0.404 e. The van der Waals surface area contributed by atoms with Gasteiger partial charge >= 0.3 is 7.82 Å². The van der Waals surface area contributed by atoms with E-state index in [0.717, 1.165) is 10.8 Å². The number of nitrogens with one attached hydrogen (secondary N) is 1. The molecule has 4 rings (SSSR count). The number of alkyl halides is 1. The molecular formula is C18H16FN2O8PS. The molecule has 1 unspecified atom stereocenters. The number of benzene rings is 1. The van der Waals surface area contributed by atoms with Gasteiger partial charge in [-0.05, 0) is 18.3 Å². The second-order valence-corrected chi connectivity index (χ2v) is 8.46. The lowest BCUT2D eigenvalue weighted by molar-refractivity contribution is -0.205. The van der Waals surface area contributed by atoms with Crippen molar-refractivity contribution in [2.75, 3.05) is 6.56 Å². The van der Waals surface area contributed by atoms with Crippen LogP contribution in [0.5, 0.6) is 5.75 Å². The Morgan fingerprint density at radius 3 is 3.00 bits per heavy atom. The molecule has 0 radical (unpaired) electrons. The molecule has 2 aliphatic rings. The van der Waals surface area contributed by atoms with Crippen molar-refractivity contribution in [3.63, 3.8) is 0 Å². The average molecular weight is 472 g/mol. The van der Waals surface area contributed by atoms with Gasteiger partial charge < -0.3 is 19.5 Å². The zero-order valence-corrected chi connectivity index (χ0v) is 17.1. The summed E-state index contributed by atoms with van der Waals surface area (Å²) in [5, 5.41) is 20.7. The van der Waals surface area contributed by atoms with Gasteiger partial charge in [0.25, 0.3) is 11.4 Å². The molecule has 0 amide bonds. The summed E-state index contributed by atoms with van der Waals surface area (Å²) in [6.07, 6.45) is -0.303. The summed E-state index contributed by atoms with van der Waals surface area (Å²) in [4.78, 5) is 14.0. The summed E-state index contributed by atoms with van der Waals surface area (Å²) in [7, 11) is -4.72. The van der Waals surface area contributed by atoms with Crippen LogP contribution >= 0.6 is 20.0 Å². The van der Waals surface area contributed by atoms with E-state index in [1.54, 1.807) is 18.2 Å². The molecule has 5 atom stereocenters. The molecule has 164 valence electrons. The maximum absolute atomic E-state index is 15.8. The fourth-order valence-corrected chi connectivity index (χ4v) is 4.29. The van der Waals surface area contributed by atoms with Crippen molar-refractivity contribution in [3.05, 3.63) is 56.7 Å². The summed E-state index contributed by atoms with van der Waals surface area (Å²) in [6.45, 7) is -3.94. The summed E-state index contributed by atoms with van der Waals surface area (Å²) < 4.78 is 65.0. The maximum Gasteiger partial charge on any atom is 0.530 e. The van der Waals surface area contributed by atoms with Crippen LogP contribution in [0.2, 0.25) is 0 Å². The second-order valence-electron chi connectivity index (χ2n) is 6.56. The molecule has 10 nitrogen and oxygen atoms in total. The molecule has 2 aliphatic heterocycles. The molecule has 0 bridgehead atoms. The average Bonchev–Trinajstić information content (AvgIpc) is 2.98. The minimum absolute atomic E-state index is 0.0722. The number of aliphatic hydroxyl groups excluding tert-OH is 2. The number of aliphatic hydroxyl groups is 2. The monoisotopic (exact) mass is 472 g/mol. The third-order valence-corrected chi connectivity index (χ3v) is 6.04. The van der Waals surface area contributed by atoms with Crippen molar-refractivity contribution >= 4 is 20.0 Å². The van der Waals surface area contributed by atoms with Gasteiger partial charge in [0, 0.05) is 11.8 Å². The molecule has 13 heteroatoms. The Bertz CT molecular complexity index is 1310. The lowest BCUT2D eigenvalue weighted by atomic mass is 10.1. The van der Waals surface area contributed by atoms with Gasteiger partial charge in [-0.3, -0.25) is 23.4 Å². The maximum atomic E-state index is 15.8. The predicted molar refractivity (Wildman–Crippen MR) is 105 cm³/mol. The number of aromatic nitrogens is 2. The first-order chi connectivity index (χ1) is 15.4. The predicted octanol–water partition coefficient (Wildman–Crippen LogP) is 1.54. The fourth-order valence-electron chi connectivity index (χ4n) is 2.94. The van der Waals surface area contributed by atoms with Crippen LogP contribution in [0.1, 0.15) is 20.1 Å². The molecule has 3 N–H and O–H groups in total. The molecule has 31 heavy (non-hydrogen) atoms. The van der Waals surface area contributed by atoms with Crippen molar-refractivity contribution in [1.82, 2.24) is 9.55 Å². The largest absolute Gasteiger partial charge is 0.530 e. The van der Waals surface area contributed by atoms with Gasteiger partial charge in [-0.2, -0.15) is 0 Å². The van der Waals surface area contributed by atoms with Crippen LogP contribution in [0.25, 0.3) is 0 Å². The number of para-hydroxylation sites is 1. The van der Waals surface area contributed by atoms with Crippen LogP contribution in [0.4, 0.5) is 4.39 Å². The molecule has 1 aromatic carbocycles. The first kappa shape index (κ1) is 19.3. The van der Waals surface area contributed by atoms with E-state index >= 15 is 4.39 Å². The number of ether oxygens (including phenoxy) is 1. The fraction of sp³-hybridized carbons (Fsp3) is 0.333. The molecule has 0 aliphatic carbocycles. The van der Waals surface area contributed by atoms with E-state index in [1.807, 2.05) is 0 Å². The highest BCUT2D eigenvalue weighted by molar-refractivity contribution is 7.71. The van der Waals surface area contributed by atoms with Crippen molar-refractivity contribution in [3.8, 4) is 18.1 Å². The summed E-state index contributed by atoms with van der Waals surface area (Å²) in [5.41, 5.74) is -0.494. The Morgan fingerprint density at radius 1 is 1.52 bits per heavy atom. The number of hydrogen-bond acceptors (Lipinski definition) is 9. The van der Waals surface area contributed by atoms with E-state index in [1.165, 1.54) is 6.07 Å². The topological polar surface area (TPSA) is 132 Å². The third kappa shape index (κ3) is 3.97. The molecule has 2 aromatic rings. The first-order valence-electron chi connectivity index (χ1n) is 9.68. The number of phosphoric ester groups is 1. The lowest BCUT2D eigenvalue weighted by Crippen LogP contribution is -2.43. The van der Waals surface area contributed by atoms with Gasteiger partial charge in [0.05, 0.1) is 9.35 Å². The molecule has 0 spiro atoms. The number of halogens is 1. The van der Waals surface area contributed by atoms with Crippen LogP contribution in [0.15, 0.2) is 35.3 Å². The third-order valence-electron chi connectivity index (χ3n) is 4.54. The molecule has 3 heterocycles. The van der Waals surface area contributed by atoms with Crippen LogP contribution in [0.3, 0.4) is 0 Å². The van der Waals surface area contributed by atoms with E-state index in [-0.39, 0.29) is 22.7 Å². The Balaban J connectivity index is 1.65. The normalized spacial score (nSPS) is 33.5. The number of H-pyrrole nitrogens is 1. The van der Waals surface area contributed by atoms with Crippen molar-refractivity contribution in [1.29, 1.82) is 0 Å². The van der Waals surface area contributed by atoms with Crippen molar-refractivity contribution < 1.29 is 40.2 Å². The second kappa shape index (κ2) is 7.96. The van der Waals surface area contributed by atoms with Gasteiger partial charge in [0.1, 0.15) is 30.1 Å². The number of aromatic amines is 1. The lowest BCUT2D eigenvalue weighted by Gasteiger charge is -2.28.